The molecule has 0 spiro atoms. The summed E-state index contributed by atoms with van der Waals surface area (Å²) in [5, 5.41) is 3.16. The number of nitrogens with one attached hydrogen (secondary N) is 1. The van der Waals surface area contributed by atoms with Crippen LogP contribution in [0.1, 0.15) is 19.3 Å². The quantitative estimate of drug-likeness (QED) is 0.648. The third-order valence-electron chi connectivity index (χ3n) is 2.90. The predicted octanol–water partition coefficient (Wildman–Crippen LogP) is 2.99. The lowest BCUT2D eigenvalue weighted by atomic mass is 10.2. The van der Waals surface area contributed by atoms with Gasteiger partial charge < -0.3 is 15.8 Å². The second-order valence-electron chi connectivity index (χ2n) is 4.20. The summed E-state index contributed by atoms with van der Waals surface area (Å²) < 4.78 is 19.4. The van der Waals surface area contributed by atoms with Gasteiger partial charge in [-0.2, -0.15) is 0 Å². The highest BCUT2D eigenvalue weighted by Gasteiger charge is 2.15. The fraction of sp³-hybridized carbons (Fsp3) is 0.500. The fourth-order valence-electron chi connectivity index (χ4n) is 1.96. The molecule has 17 heavy (non-hydrogen) atoms. The molecule has 0 aromatic heterocycles. The first-order valence-electron chi connectivity index (χ1n) is 5.77. The average Bonchev–Trinajstić information content (AvgIpc) is 2.78. The summed E-state index contributed by atoms with van der Waals surface area (Å²) in [5.74, 6) is -0.237. The average molecular weight is 350 g/mol. The molecule has 1 fully saturated rings. The van der Waals surface area contributed by atoms with E-state index in [0.717, 1.165) is 32.4 Å². The van der Waals surface area contributed by atoms with E-state index in [1.54, 1.807) is 6.07 Å². The number of benzene rings is 1. The zero-order chi connectivity index (χ0) is 12.3. The SMILES string of the molecule is Nc1cc(I)c(F)cc1NCCC1CCCO1. The maximum absolute atomic E-state index is 13.4. The molecule has 0 bridgehead atoms. The number of halogens is 2. The second-order valence-corrected chi connectivity index (χ2v) is 5.37. The number of anilines is 2. The van der Waals surface area contributed by atoms with Gasteiger partial charge >= 0.3 is 0 Å². The summed E-state index contributed by atoms with van der Waals surface area (Å²) in [6.45, 7) is 1.62. The van der Waals surface area contributed by atoms with Gasteiger partial charge in [0.25, 0.3) is 0 Å². The molecule has 1 heterocycles. The van der Waals surface area contributed by atoms with Crippen LogP contribution in [0, 0.1) is 9.39 Å². The first-order chi connectivity index (χ1) is 8.16. The minimum absolute atomic E-state index is 0.237. The third kappa shape index (κ3) is 3.45. The van der Waals surface area contributed by atoms with Crippen LogP contribution in [-0.2, 0) is 4.74 Å². The number of ether oxygens (including phenoxy) is 1. The monoisotopic (exact) mass is 350 g/mol. The Morgan fingerprint density at radius 2 is 2.35 bits per heavy atom. The van der Waals surface area contributed by atoms with Crippen molar-refractivity contribution in [3.63, 3.8) is 0 Å². The molecule has 3 nitrogen and oxygen atoms in total. The van der Waals surface area contributed by atoms with Gasteiger partial charge in [-0.15, -0.1) is 0 Å². The summed E-state index contributed by atoms with van der Waals surface area (Å²) in [4.78, 5) is 0. The topological polar surface area (TPSA) is 47.3 Å². The number of rotatable bonds is 4. The van der Waals surface area contributed by atoms with E-state index in [9.17, 15) is 4.39 Å². The Morgan fingerprint density at radius 3 is 3.06 bits per heavy atom. The molecule has 1 saturated heterocycles. The van der Waals surface area contributed by atoms with Crippen molar-refractivity contribution in [3.8, 4) is 0 Å². The van der Waals surface area contributed by atoms with Crippen LogP contribution in [0.25, 0.3) is 0 Å². The minimum Gasteiger partial charge on any atom is -0.397 e. The zero-order valence-corrected chi connectivity index (χ0v) is 11.7. The molecule has 1 aliphatic heterocycles. The third-order valence-corrected chi connectivity index (χ3v) is 3.72. The largest absolute Gasteiger partial charge is 0.397 e. The molecule has 1 aromatic carbocycles. The Labute approximate surface area is 114 Å². The lowest BCUT2D eigenvalue weighted by Gasteiger charge is -2.13. The van der Waals surface area contributed by atoms with Crippen molar-refractivity contribution < 1.29 is 9.13 Å². The van der Waals surface area contributed by atoms with Crippen molar-refractivity contribution in [2.45, 2.75) is 25.4 Å². The van der Waals surface area contributed by atoms with E-state index in [0.29, 0.717) is 21.0 Å². The minimum atomic E-state index is -0.237. The van der Waals surface area contributed by atoms with Crippen LogP contribution in [0.5, 0.6) is 0 Å². The fourth-order valence-corrected chi connectivity index (χ4v) is 2.45. The molecule has 0 aliphatic carbocycles. The summed E-state index contributed by atoms with van der Waals surface area (Å²) in [5.41, 5.74) is 7.07. The molecule has 2 rings (SSSR count). The molecule has 0 amide bonds. The smallest absolute Gasteiger partial charge is 0.138 e. The van der Waals surface area contributed by atoms with Crippen molar-refractivity contribution in [1.29, 1.82) is 0 Å². The number of nitrogens with two attached hydrogens (primary N) is 1. The van der Waals surface area contributed by atoms with E-state index in [1.807, 2.05) is 22.6 Å². The van der Waals surface area contributed by atoms with Gasteiger partial charge in [0.15, 0.2) is 0 Å². The van der Waals surface area contributed by atoms with Crippen molar-refractivity contribution in [2.75, 3.05) is 24.2 Å². The summed E-state index contributed by atoms with van der Waals surface area (Å²) in [6, 6.07) is 3.09. The van der Waals surface area contributed by atoms with Gasteiger partial charge in [0.05, 0.1) is 21.0 Å². The van der Waals surface area contributed by atoms with Gasteiger partial charge in [0, 0.05) is 19.2 Å². The van der Waals surface area contributed by atoms with Crippen LogP contribution in [0.15, 0.2) is 12.1 Å². The first kappa shape index (κ1) is 12.9. The molecule has 0 saturated carbocycles. The molecule has 1 unspecified atom stereocenters. The lowest BCUT2D eigenvalue weighted by Crippen LogP contribution is -2.13. The molecule has 94 valence electrons. The highest BCUT2D eigenvalue weighted by molar-refractivity contribution is 14.1. The predicted molar refractivity (Wildman–Crippen MR) is 75.6 cm³/mol. The Hall–Kier alpha value is -0.560. The Balaban J connectivity index is 1.87. The zero-order valence-electron chi connectivity index (χ0n) is 9.51. The Morgan fingerprint density at radius 1 is 1.53 bits per heavy atom. The van der Waals surface area contributed by atoms with E-state index in [2.05, 4.69) is 5.32 Å². The van der Waals surface area contributed by atoms with Gasteiger partial charge in [-0.25, -0.2) is 4.39 Å². The van der Waals surface area contributed by atoms with Gasteiger partial charge in [0.2, 0.25) is 0 Å². The molecule has 0 radical (unpaired) electrons. The van der Waals surface area contributed by atoms with Gasteiger partial charge in [-0.05, 0) is 47.9 Å². The summed E-state index contributed by atoms with van der Waals surface area (Å²) >= 11 is 1.93. The van der Waals surface area contributed by atoms with Crippen LogP contribution in [0.4, 0.5) is 15.8 Å². The second kappa shape index (κ2) is 5.86. The number of nitrogen functional groups attached to an aromatic ring is 1. The van der Waals surface area contributed by atoms with Crippen LogP contribution < -0.4 is 11.1 Å². The van der Waals surface area contributed by atoms with Crippen LogP contribution in [0.2, 0.25) is 0 Å². The van der Waals surface area contributed by atoms with Gasteiger partial charge in [-0.1, -0.05) is 0 Å². The van der Waals surface area contributed by atoms with E-state index >= 15 is 0 Å². The summed E-state index contributed by atoms with van der Waals surface area (Å²) in [7, 11) is 0. The molecule has 1 aliphatic rings. The van der Waals surface area contributed by atoms with Crippen LogP contribution >= 0.6 is 22.6 Å². The molecule has 5 heteroatoms. The van der Waals surface area contributed by atoms with Crippen molar-refractivity contribution in [2.24, 2.45) is 0 Å². The lowest BCUT2D eigenvalue weighted by molar-refractivity contribution is 0.107. The van der Waals surface area contributed by atoms with E-state index in [-0.39, 0.29) is 5.82 Å². The van der Waals surface area contributed by atoms with E-state index < -0.39 is 0 Å². The van der Waals surface area contributed by atoms with Gasteiger partial charge in [-0.3, -0.25) is 0 Å². The maximum atomic E-state index is 13.4. The van der Waals surface area contributed by atoms with Crippen molar-refractivity contribution in [3.05, 3.63) is 21.5 Å². The maximum Gasteiger partial charge on any atom is 0.138 e. The van der Waals surface area contributed by atoms with Crippen LogP contribution in [-0.4, -0.2) is 19.3 Å². The molecular weight excluding hydrogens is 334 g/mol. The summed E-state index contributed by atoms with van der Waals surface area (Å²) in [6.07, 6.45) is 3.55. The molecular formula is C12H16FIN2O. The Kier molecular flexibility index (Phi) is 4.44. The molecule has 3 N–H and O–H groups in total. The van der Waals surface area contributed by atoms with E-state index in [1.165, 1.54) is 6.07 Å². The van der Waals surface area contributed by atoms with Crippen molar-refractivity contribution in [1.82, 2.24) is 0 Å². The number of hydrogen-bond donors (Lipinski definition) is 2. The highest BCUT2D eigenvalue weighted by Crippen LogP contribution is 2.24. The normalized spacial score (nSPS) is 19.5. The highest BCUT2D eigenvalue weighted by atomic mass is 127. The molecule has 1 atom stereocenters. The van der Waals surface area contributed by atoms with Gasteiger partial charge in [0.1, 0.15) is 5.82 Å². The number of hydrogen-bond acceptors (Lipinski definition) is 3. The first-order valence-corrected chi connectivity index (χ1v) is 6.84. The van der Waals surface area contributed by atoms with E-state index in [4.69, 9.17) is 10.5 Å². The van der Waals surface area contributed by atoms with Crippen molar-refractivity contribution >= 4 is 34.0 Å². The van der Waals surface area contributed by atoms with Crippen LogP contribution in [0.3, 0.4) is 0 Å². The molecule has 1 aromatic rings. The standard InChI is InChI=1S/C12H16FIN2O/c13-9-6-12(11(15)7-10(9)14)16-4-3-8-2-1-5-17-8/h6-8,16H,1-5,15H2. The Bertz CT molecular complexity index is 394.